The summed E-state index contributed by atoms with van der Waals surface area (Å²) < 4.78 is 32.1. The Labute approximate surface area is 250 Å². The van der Waals surface area contributed by atoms with Crippen molar-refractivity contribution < 1.29 is 18.6 Å². The molecule has 7 nitrogen and oxygen atoms in total. The van der Waals surface area contributed by atoms with Gasteiger partial charge in [-0.05, 0) is 30.7 Å². The highest BCUT2D eigenvalue weighted by Gasteiger charge is 2.25. The van der Waals surface area contributed by atoms with Crippen LogP contribution >= 0.6 is 34.7 Å². The molecule has 0 spiro atoms. The minimum Gasteiger partial charge on any atom is -0.491 e. The second kappa shape index (κ2) is 15.3. The highest BCUT2D eigenvalue weighted by Crippen LogP contribution is 2.39. The fourth-order valence-electron chi connectivity index (χ4n) is 3.72. The molecule has 212 valence electrons. The van der Waals surface area contributed by atoms with E-state index in [2.05, 4.69) is 28.7 Å². The molecular weight excluding hydrogens is 588 g/mol. The van der Waals surface area contributed by atoms with Gasteiger partial charge in [-0.25, -0.2) is 18.7 Å². The normalized spacial score (nSPS) is 11.5. The number of pyridine rings is 1. The number of thiazole rings is 1. The zero-order chi connectivity index (χ0) is 29.9. The molecule has 0 amide bonds. The number of allylic oxidation sites excluding steroid dienone is 5. The van der Waals surface area contributed by atoms with Crippen LogP contribution in [0, 0.1) is 22.7 Å². The van der Waals surface area contributed by atoms with Crippen LogP contribution in [-0.2, 0) is 5.75 Å². The number of hydrogen-bond donors (Lipinski definition) is 1. The summed E-state index contributed by atoms with van der Waals surface area (Å²) in [5.74, 6) is 0.883. The number of halogens is 3. The van der Waals surface area contributed by atoms with Gasteiger partial charge in [-0.15, -0.1) is 11.3 Å². The number of benzene rings is 1. The lowest BCUT2D eigenvalue weighted by Crippen LogP contribution is -2.26. The lowest BCUT2D eigenvalue weighted by Gasteiger charge is -2.22. The third-order valence-corrected chi connectivity index (χ3v) is 7.63. The molecule has 1 aromatic carbocycles. The van der Waals surface area contributed by atoms with Crippen molar-refractivity contribution in [1.29, 1.82) is 10.5 Å². The molecule has 0 bridgehead atoms. The number of alkyl halides is 2. The largest absolute Gasteiger partial charge is 0.491 e. The fraction of sp³-hybridized carbons (Fsp3) is 0.241. The summed E-state index contributed by atoms with van der Waals surface area (Å²) in [6, 6.07) is 10.9. The minimum absolute atomic E-state index is 0.0133. The number of anilines is 1. The minimum atomic E-state index is -2.66. The van der Waals surface area contributed by atoms with Crippen molar-refractivity contribution in [3.8, 4) is 29.0 Å². The average molecular weight is 614 g/mol. The summed E-state index contributed by atoms with van der Waals surface area (Å²) >= 11 is 8.52. The molecule has 2 aromatic heterocycles. The Hall–Kier alpha value is -3.74. The van der Waals surface area contributed by atoms with E-state index in [0.29, 0.717) is 27.7 Å². The summed E-state index contributed by atoms with van der Waals surface area (Å²) in [5, 5.41) is 32.6. The maximum Gasteiger partial charge on any atom is 0.255 e. The van der Waals surface area contributed by atoms with Gasteiger partial charge in [-0.2, -0.15) is 10.5 Å². The summed E-state index contributed by atoms with van der Waals surface area (Å²) in [4.78, 5) is 10.4. The lowest BCUT2D eigenvalue weighted by molar-refractivity contribution is 0.156. The number of aliphatic hydroxyl groups excluding tert-OH is 1. The number of aliphatic hydroxyl groups is 1. The molecule has 0 radical (unpaired) electrons. The maximum atomic E-state index is 13.3. The van der Waals surface area contributed by atoms with Crippen LogP contribution in [0.5, 0.6) is 5.75 Å². The highest BCUT2D eigenvalue weighted by atomic mass is 35.5. The van der Waals surface area contributed by atoms with Gasteiger partial charge in [0.15, 0.2) is 0 Å². The second-order valence-electron chi connectivity index (χ2n) is 8.41. The quantitative estimate of drug-likeness (QED) is 0.162. The molecule has 0 aliphatic carbocycles. The van der Waals surface area contributed by atoms with E-state index in [1.54, 1.807) is 30.3 Å². The summed E-state index contributed by atoms with van der Waals surface area (Å²) in [5.41, 5.74) is 2.58. The van der Waals surface area contributed by atoms with E-state index in [-0.39, 0.29) is 35.2 Å². The number of nitriles is 2. The summed E-state index contributed by atoms with van der Waals surface area (Å²) in [6.07, 6.45) is 2.74. The molecular formula is C29H26ClF2N5O2S2. The Bertz CT molecular complexity index is 1530. The van der Waals surface area contributed by atoms with Crippen LogP contribution in [0.4, 0.5) is 14.6 Å². The lowest BCUT2D eigenvalue weighted by atomic mass is 9.96. The van der Waals surface area contributed by atoms with Crippen LogP contribution in [-0.4, -0.2) is 48.3 Å². The Morgan fingerprint density at radius 1 is 1.22 bits per heavy atom. The molecule has 0 saturated heterocycles. The van der Waals surface area contributed by atoms with Crippen LogP contribution < -0.4 is 9.64 Å². The molecule has 12 heteroatoms. The number of aromatic nitrogens is 2. The van der Waals surface area contributed by atoms with Crippen LogP contribution in [0.15, 0.2) is 64.5 Å². The molecule has 3 rings (SSSR count). The number of rotatable bonds is 13. The van der Waals surface area contributed by atoms with E-state index < -0.39 is 13.0 Å². The number of ether oxygens (including phenoxy) is 1. The van der Waals surface area contributed by atoms with E-state index in [1.807, 2.05) is 24.5 Å². The molecule has 3 aromatic rings. The predicted octanol–water partition coefficient (Wildman–Crippen LogP) is 7.03. The van der Waals surface area contributed by atoms with Crippen molar-refractivity contribution in [2.24, 2.45) is 0 Å². The monoisotopic (exact) mass is 613 g/mol. The fourth-order valence-corrected chi connectivity index (χ4v) is 5.64. The van der Waals surface area contributed by atoms with Crippen molar-refractivity contribution in [3.63, 3.8) is 0 Å². The maximum absolute atomic E-state index is 13.3. The molecule has 0 saturated carbocycles. The first-order valence-corrected chi connectivity index (χ1v) is 14.4. The van der Waals surface area contributed by atoms with E-state index >= 15 is 0 Å². The van der Waals surface area contributed by atoms with Gasteiger partial charge >= 0.3 is 0 Å². The van der Waals surface area contributed by atoms with Crippen molar-refractivity contribution in [3.05, 3.63) is 81.3 Å². The zero-order valence-electron chi connectivity index (χ0n) is 22.3. The van der Waals surface area contributed by atoms with Crippen LogP contribution in [0.1, 0.15) is 28.8 Å². The first kappa shape index (κ1) is 31.8. The first-order chi connectivity index (χ1) is 19.7. The molecule has 41 heavy (non-hydrogen) atoms. The highest BCUT2D eigenvalue weighted by molar-refractivity contribution is 7.98. The number of nitrogens with zero attached hydrogens (tertiary/aromatic N) is 5. The molecule has 0 fully saturated rings. The molecule has 1 N–H and O–H groups in total. The van der Waals surface area contributed by atoms with Crippen molar-refractivity contribution in [2.75, 3.05) is 31.7 Å². The van der Waals surface area contributed by atoms with Gasteiger partial charge in [0, 0.05) is 34.3 Å². The van der Waals surface area contributed by atoms with Gasteiger partial charge in [-0.1, -0.05) is 54.2 Å². The van der Waals surface area contributed by atoms with Crippen LogP contribution in [0.2, 0.25) is 0 Å². The standard InChI is InChI=1S/C29H26ClF2N5O2S2/c1-4-19(6-5-18(2)30)28-35-21(16-40-28)17-41-29-24(14-34)26(20-7-9-22(10-8-20)39-12-11-38)23(13-33)27(36-29)37(3)15-25(31)32/h4-10,16,25,38H,2,11-12,15,17H2,1,3H3. The third-order valence-electron chi connectivity index (χ3n) is 5.56. The first-order valence-electron chi connectivity index (χ1n) is 12.2. The van der Waals surface area contributed by atoms with Crippen LogP contribution in [0.3, 0.4) is 0 Å². The van der Waals surface area contributed by atoms with Gasteiger partial charge in [0.2, 0.25) is 0 Å². The number of thioether (sulfide) groups is 1. The smallest absolute Gasteiger partial charge is 0.255 e. The predicted molar refractivity (Wildman–Crippen MR) is 160 cm³/mol. The Kier molecular flexibility index (Phi) is 11.9. The Morgan fingerprint density at radius 3 is 2.51 bits per heavy atom. The molecule has 0 atom stereocenters. The summed E-state index contributed by atoms with van der Waals surface area (Å²) in [6.45, 7) is 4.85. The Morgan fingerprint density at radius 2 is 1.93 bits per heavy atom. The molecule has 0 unspecified atom stereocenters. The van der Waals surface area contributed by atoms with E-state index in [9.17, 15) is 19.3 Å². The molecule has 0 aliphatic rings. The van der Waals surface area contributed by atoms with E-state index in [0.717, 1.165) is 16.3 Å². The van der Waals surface area contributed by atoms with Gasteiger partial charge < -0.3 is 14.7 Å². The van der Waals surface area contributed by atoms with Gasteiger partial charge in [-0.3, -0.25) is 0 Å². The van der Waals surface area contributed by atoms with Gasteiger partial charge in [0.05, 0.1) is 24.4 Å². The second-order valence-corrected chi connectivity index (χ2v) is 10.7. The topological polar surface area (TPSA) is 106 Å². The average Bonchev–Trinajstić information content (AvgIpc) is 3.42. The van der Waals surface area contributed by atoms with Gasteiger partial charge in [0.1, 0.15) is 45.9 Å². The zero-order valence-corrected chi connectivity index (χ0v) is 24.7. The van der Waals surface area contributed by atoms with E-state index in [1.165, 1.54) is 35.0 Å². The van der Waals surface area contributed by atoms with Crippen molar-refractivity contribution in [1.82, 2.24) is 9.97 Å². The number of hydrogen-bond acceptors (Lipinski definition) is 9. The Balaban J connectivity index is 2.06. The molecule has 0 aliphatic heterocycles. The SMILES string of the molecule is C=C(Cl)C=CC(=CC)c1nc(CSc2nc(N(C)CC(F)F)c(C#N)c(-c3ccc(OCCO)cc3)c2C#N)cs1. The summed E-state index contributed by atoms with van der Waals surface area (Å²) in [7, 11) is 1.43. The van der Waals surface area contributed by atoms with Gasteiger partial charge in [0.25, 0.3) is 6.43 Å². The third kappa shape index (κ3) is 8.38. The van der Waals surface area contributed by atoms with Crippen LogP contribution in [0.25, 0.3) is 16.7 Å². The van der Waals surface area contributed by atoms with Crippen molar-refractivity contribution >= 4 is 46.1 Å². The van der Waals surface area contributed by atoms with E-state index in [4.69, 9.17) is 21.4 Å². The van der Waals surface area contributed by atoms with Crippen molar-refractivity contribution in [2.45, 2.75) is 24.1 Å². The molecule has 2 heterocycles.